The first-order valence-corrected chi connectivity index (χ1v) is 16.0. The number of ether oxygens (including phenoxy) is 2. The highest BCUT2D eigenvalue weighted by Crippen LogP contribution is 2.44. The predicted molar refractivity (Wildman–Crippen MR) is 169 cm³/mol. The normalized spacial score (nSPS) is 19.9. The van der Waals surface area contributed by atoms with Gasteiger partial charge < -0.3 is 14.6 Å². The number of hydrogen-bond acceptors (Lipinski definition) is 5. The highest BCUT2D eigenvalue weighted by atomic mass is 16.5. The van der Waals surface area contributed by atoms with E-state index in [2.05, 4.69) is 55.1 Å². The summed E-state index contributed by atoms with van der Waals surface area (Å²) >= 11 is 0. The Bertz CT molecular complexity index is 1580. The molecule has 2 aromatic carbocycles. The molecular formula is C37H42N2O3. The van der Waals surface area contributed by atoms with Crippen molar-refractivity contribution in [1.29, 1.82) is 0 Å². The van der Waals surface area contributed by atoms with Gasteiger partial charge in [-0.25, -0.2) is 0 Å². The van der Waals surface area contributed by atoms with E-state index in [1.54, 1.807) is 0 Å². The highest BCUT2D eigenvalue weighted by Gasteiger charge is 2.28. The second-order valence-electron chi connectivity index (χ2n) is 12.6. The fourth-order valence-corrected chi connectivity index (χ4v) is 6.71. The minimum absolute atomic E-state index is 0.109. The maximum absolute atomic E-state index is 9.45. The number of aromatic nitrogens is 2. The van der Waals surface area contributed by atoms with Gasteiger partial charge >= 0.3 is 0 Å². The number of aliphatic hydroxyl groups is 1. The lowest BCUT2D eigenvalue weighted by Crippen LogP contribution is -2.15. The van der Waals surface area contributed by atoms with Gasteiger partial charge in [0.2, 0.25) is 0 Å². The Labute approximate surface area is 249 Å². The lowest BCUT2D eigenvalue weighted by atomic mass is 9.94. The zero-order valence-corrected chi connectivity index (χ0v) is 24.6. The monoisotopic (exact) mass is 562 g/mol. The molecule has 2 aliphatic carbocycles. The third-order valence-electron chi connectivity index (χ3n) is 9.50. The van der Waals surface area contributed by atoms with Gasteiger partial charge in [0.15, 0.2) is 0 Å². The van der Waals surface area contributed by atoms with E-state index in [9.17, 15) is 5.11 Å². The van der Waals surface area contributed by atoms with Crippen LogP contribution in [0.5, 0.6) is 0 Å². The first kappa shape index (κ1) is 27.7. The molecule has 0 atom stereocenters. The van der Waals surface area contributed by atoms with Gasteiger partial charge in [-0.2, -0.15) is 0 Å². The molecule has 218 valence electrons. The molecule has 0 unspecified atom stereocenters. The molecule has 4 fully saturated rings. The van der Waals surface area contributed by atoms with Crippen molar-refractivity contribution in [3.63, 3.8) is 0 Å². The minimum Gasteiger partial charge on any atom is -0.392 e. The predicted octanol–water partition coefficient (Wildman–Crippen LogP) is 8.15. The van der Waals surface area contributed by atoms with Crippen LogP contribution in [-0.4, -0.2) is 41.5 Å². The zero-order chi connectivity index (χ0) is 28.5. The van der Waals surface area contributed by atoms with Crippen molar-refractivity contribution >= 4 is 27.9 Å². The van der Waals surface area contributed by atoms with Crippen LogP contribution in [0, 0.1) is 0 Å². The number of rotatable bonds is 6. The van der Waals surface area contributed by atoms with Gasteiger partial charge in [0.25, 0.3) is 0 Å². The number of fused-ring (bicyclic) bond motifs is 2. The number of hydrogen-bond donors (Lipinski definition) is 1. The van der Waals surface area contributed by atoms with Crippen molar-refractivity contribution in [2.45, 2.75) is 81.6 Å². The van der Waals surface area contributed by atoms with Crippen molar-refractivity contribution in [3.8, 4) is 0 Å². The zero-order valence-electron chi connectivity index (χ0n) is 24.6. The molecule has 2 saturated carbocycles. The molecule has 4 heterocycles. The molecule has 1 N–H and O–H groups in total. The standard InChI is InChI=1S/C19H21NO.C18H21NO2/c1-2-13-11-16-5-6-18(15-7-9-21-10-8-15)20-19(16)17(12-13)14-3-4-14;20-11-12-9-15-3-4-17(14-5-7-21-8-6-14)19-18(15)16(10-12)13-1-2-13/h2,5-6,11-12,14-15H,1,3-4,7-10H2;3-4,9-10,13-14,20H,1-2,5-8,11H2. The smallest absolute Gasteiger partial charge is 0.0740 e. The average molecular weight is 563 g/mol. The Morgan fingerprint density at radius 1 is 0.643 bits per heavy atom. The largest absolute Gasteiger partial charge is 0.392 e. The Morgan fingerprint density at radius 3 is 1.62 bits per heavy atom. The first-order valence-electron chi connectivity index (χ1n) is 16.0. The molecule has 0 bridgehead atoms. The van der Waals surface area contributed by atoms with Gasteiger partial charge in [0, 0.05) is 60.4 Å². The first-order chi connectivity index (χ1) is 20.7. The van der Waals surface area contributed by atoms with Crippen molar-refractivity contribution in [3.05, 3.63) is 88.8 Å². The van der Waals surface area contributed by atoms with E-state index in [0.29, 0.717) is 23.7 Å². The summed E-state index contributed by atoms with van der Waals surface area (Å²) in [4.78, 5) is 10.0. The number of nitrogens with zero attached hydrogens (tertiary/aromatic N) is 2. The summed E-state index contributed by atoms with van der Waals surface area (Å²) in [6.45, 7) is 7.47. The van der Waals surface area contributed by atoms with Crippen LogP contribution in [0.25, 0.3) is 27.9 Å². The molecule has 2 saturated heterocycles. The summed E-state index contributed by atoms with van der Waals surface area (Å²) in [5.41, 5.74) is 9.81. The number of aliphatic hydroxyl groups excluding tert-OH is 1. The van der Waals surface area contributed by atoms with E-state index in [0.717, 1.165) is 63.2 Å². The van der Waals surface area contributed by atoms with Gasteiger partial charge in [0.1, 0.15) is 0 Å². The van der Waals surface area contributed by atoms with Crippen LogP contribution in [-0.2, 0) is 16.1 Å². The molecule has 0 radical (unpaired) electrons. The Balaban J connectivity index is 0.000000137. The molecule has 5 heteroatoms. The van der Waals surface area contributed by atoms with Gasteiger partial charge in [-0.05, 0) is 116 Å². The summed E-state index contributed by atoms with van der Waals surface area (Å²) in [5.74, 6) is 2.46. The lowest BCUT2D eigenvalue weighted by Gasteiger charge is -2.22. The molecule has 8 rings (SSSR count). The van der Waals surface area contributed by atoms with Gasteiger partial charge in [0.05, 0.1) is 17.6 Å². The minimum atomic E-state index is 0.109. The summed E-state index contributed by atoms with van der Waals surface area (Å²) in [6, 6.07) is 17.5. The van der Waals surface area contributed by atoms with E-state index in [1.165, 1.54) is 70.1 Å². The van der Waals surface area contributed by atoms with Crippen molar-refractivity contribution < 1.29 is 14.6 Å². The average Bonchev–Trinajstić information content (AvgIpc) is 3.99. The number of pyridine rings is 2. The maximum Gasteiger partial charge on any atom is 0.0740 e. The Morgan fingerprint density at radius 2 is 1.14 bits per heavy atom. The second kappa shape index (κ2) is 12.2. The van der Waals surface area contributed by atoms with Crippen LogP contribution in [0.2, 0.25) is 0 Å². The molecule has 4 aromatic rings. The third kappa shape index (κ3) is 6.01. The van der Waals surface area contributed by atoms with E-state index in [-0.39, 0.29) is 6.61 Å². The summed E-state index contributed by atoms with van der Waals surface area (Å²) in [5, 5.41) is 11.9. The van der Waals surface area contributed by atoms with E-state index >= 15 is 0 Å². The van der Waals surface area contributed by atoms with Crippen LogP contribution >= 0.6 is 0 Å². The molecule has 42 heavy (non-hydrogen) atoms. The van der Waals surface area contributed by atoms with E-state index in [4.69, 9.17) is 19.4 Å². The second-order valence-corrected chi connectivity index (χ2v) is 12.6. The SMILES string of the molecule is C=Cc1cc(C2CC2)c2nc(C3CCOCC3)ccc2c1.OCc1cc(C2CC2)c2nc(C3CCOCC3)ccc2c1. The maximum atomic E-state index is 9.45. The van der Waals surface area contributed by atoms with Crippen LogP contribution in [0.4, 0.5) is 0 Å². The third-order valence-corrected chi connectivity index (χ3v) is 9.50. The van der Waals surface area contributed by atoms with Crippen molar-refractivity contribution in [2.24, 2.45) is 0 Å². The summed E-state index contributed by atoms with van der Waals surface area (Å²) in [7, 11) is 0. The van der Waals surface area contributed by atoms with Gasteiger partial charge in [-0.1, -0.05) is 30.9 Å². The highest BCUT2D eigenvalue weighted by molar-refractivity contribution is 5.86. The number of benzene rings is 2. The Hall–Kier alpha value is -3.12. The van der Waals surface area contributed by atoms with Crippen LogP contribution in [0.1, 0.15) is 109 Å². The van der Waals surface area contributed by atoms with Crippen LogP contribution in [0.15, 0.2) is 55.1 Å². The fraction of sp³-hybridized carbons (Fsp3) is 0.459. The molecule has 0 spiro atoms. The quantitative estimate of drug-likeness (QED) is 0.257. The topological polar surface area (TPSA) is 64.5 Å². The summed E-state index contributed by atoms with van der Waals surface area (Å²) in [6.07, 6.45) is 11.4. The molecule has 0 amide bonds. The summed E-state index contributed by atoms with van der Waals surface area (Å²) < 4.78 is 10.9. The molecule has 2 aliphatic heterocycles. The van der Waals surface area contributed by atoms with Crippen LogP contribution in [0.3, 0.4) is 0 Å². The molecular weight excluding hydrogens is 520 g/mol. The van der Waals surface area contributed by atoms with Crippen LogP contribution < -0.4 is 0 Å². The molecule has 5 nitrogen and oxygen atoms in total. The van der Waals surface area contributed by atoms with Gasteiger partial charge in [-0.3, -0.25) is 9.97 Å². The van der Waals surface area contributed by atoms with Gasteiger partial charge in [-0.15, -0.1) is 0 Å². The molecule has 2 aromatic heterocycles. The molecule has 4 aliphatic rings. The van der Waals surface area contributed by atoms with E-state index < -0.39 is 0 Å². The Kier molecular flexibility index (Phi) is 8.07. The lowest BCUT2D eigenvalue weighted by molar-refractivity contribution is 0.0845. The van der Waals surface area contributed by atoms with Crippen molar-refractivity contribution in [2.75, 3.05) is 26.4 Å². The van der Waals surface area contributed by atoms with Crippen molar-refractivity contribution in [1.82, 2.24) is 9.97 Å². The van der Waals surface area contributed by atoms with E-state index in [1.807, 2.05) is 6.08 Å². The fourth-order valence-electron chi connectivity index (χ4n) is 6.71.